The predicted molar refractivity (Wildman–Crippen MR) is 75.3 cm³/mol. The summed E-state index contributed by atoms with van der Waals surface area (Å²) in [6.45, 7) is 12.1. The molecular formula is C15H25N3. The summed E-state index contributed by atoms with van der Waals surface area (Å²) in [5, 5.41) is 3.32. The Balaban J connectivity index is 1.93. The van der Waals surface area contributed by atoms with E-state index in [1.54, 1.807) is 0 Å². The average Bonchev–Trinajstić information content (AvgIpc) is 2.66. The first-order chi connectivity index (χ1) is 8.59. The van der Waals surface area contributed by atoms with Crippen molar-refractivity contribution >= 4 is 0 Å². The molecule has 0 atom stereocenters. The lowest BCUT2D eigenvalue weighted by Crippen LogP contribution is -2.23. The fourth-order valence-electron chi connectivity index (χ4n) is 2.56. The van der Waals surface area contributed by atoms with Crippen molar-refractivity contribution in [2.75, 3.05) is 19.6 Å². The summed E-state index contributed by atoms with van der Waals surface area (Å²) in [5.41, 5.74) is 2.82. The number of rotatable bonds is 5. The van der Waals surface area contributed by atoms with Gasteiger partial charge in [-0.2, -0.15) is 0 Å². The Morgan fingerprint density at radius 3 is 2.78 bits per heavy atom. The molecule has 3 heteroatoms. The van der Waals surface area contributed by atoms with Crippen molar-refractivity contribution in [3.63, 3.8) is 0 Å². The van der Waals surface area contributed by atoms with Crippen LogP contribution < -0.4 is 5.32 Å². The summed E-state index contributed by atoms with van der Waals surface area (Å²) >= 11 is 0. The topological polar surface area (TPSA) is 28.2 Å². The van der Waals surface area contributed by atoms with Crippen LogP contribution in [0.1, 0.15) is 38.6 Å². The second-order valence-electron chi connectivity index (χ2n) is 6.03. The Morgan fingerprint density at radius 2 is 2.11 bits per heavy atom. The Hall–Kier alpha value is -0.930. The van der Waals surface area contributed by atoms with Gasteiger partial charge in [-0.1, -0.05) is 26.8 Å². The Kier molecular flexibility index (Phi) is 4.36. The van der Waals surface area contributed by atoms with E-state index >= 15 is 0 Å². The van der Waals surface area contributed by atoms with Crippen LogP contribution in [0.2, 0.25) is 0 Å². The summed E-state index contributed by atoms with van der Waals surface area (Å²) in [4.78, 5) is 7.23. The van der Waals surface area contributed by atoms with E-state index < -0.39 is 0 Å². The van der Waals surface area contributed by atoms with Gasteiger partial charge in [0.05, 0.1) is 11.4 Å². The molecule has 1 N–H and O–H groups in total. The number of nitrogens with zero attached hydrogens (tertiary/aromatic N) is 2. The normalized spacial score (nSPS) is 19.3. The zero-order valence-electron chi connectivity index (χ0n) is 11.9. The molecular weight excluding hydrogens is 222 g/mol. The third kappa shape index (κ3) is 3.79. The largest absolute Gasteiger partial charge is 0.311 e. The summed E-state index contributed by atoms with van der Waals surface area (Å²) in [5.74, 6) is 0. The quantitative estimate of drug-likeness (QED) is 0.866. The molecule has 18 heavy (non-hydrogen) atoms. The van der Waals surface area contributed by atoms with Crippen LogP contribution in [0.3, 0.4) is 0 Å². The lowest BCUT2D eigenvalue weighted by atomic mass is 9.93. The van der Waals surface area contributed by atoms with Gasteiger partial charge in [0, 0.05) is 19.6 Å². The average molecular weight is 247 g/mol. The Bertz CT molecular complexity index is 387. The SMILES string of the molecule is CCNCc1cccc(CN2CCC(C)(C)C2)n1. The highest BCUT2D eigenvalue weighted by Crippen LogP contribution is 2.29. The van der Waals surface area contributed by atoms with Crippen LogP contribution in [0, 0.1) is 5.41 Å². The highest BCUT2D eigenvalue weighted by molar-refractivity contribution is 5.11. The van der Waals surface area contributed by atoms with E-state index in [1.807, 2.05) is 0 Å². The molecule has 1 aliphatic heterocycles. The fraction of sp³-hybridized carbons (Fsp3) is 0.667. The lowest BCUT2D eigenvalue weighted by molar-refractivity contribution is 0.281. The number of hydrogen-bond donors (Lipinski definition) is 1. The molecule has 1 aromatic rings. The van der Waals surface area contributed by atoms with E-state index in [0.717, 1.165) is 25.3 Å². The van der Waals surface area contributed by atoms with Crippen LogP contribution in [0.4, 0.5) is 0 Å². The van der Waals surface area contributed by atoms with Gasteiger partial charge in [-0.3, -0.25) is 9.88 Å². The Morgan fingerprint density at radius 1 is 1.33 bits per heavy atom. The van der Waals surface area contributed by atoms with Crippen molar-refractivity contribution in [2.45, 2.75) is 40.3 Å². The van der Waals surface area contributed by atoms with Crippen molar-refractivity contribution in [3.05, 3.63) is 29.6 Å². The standard InChI is InChI=1S/C15H25N3/c1-4-16-10-13-6-5-7-14(17-13)11-18-9-8-15(2,3)12-18/h5-7,16H,4,8-12H2,1-3H3. The second-order valence-corrected chi connectivity index (χ2v) is 6.03. The maximum Gasteiger partial charge on any atom is 0.0547 e. The van der Waals surface area contributed by atoms with Gasteiger partial charge < -0.3 is 5.32 Å². The lowest BCUT2D eigenvalue weighted by Gasteiger charge is -2.19. The number of nitrogens with one attached hydrogen (secondary N) is 1. The van der Waals surface area contributed by atoms with Gasteiger partial charge in [-0.05, 0) is 37.1 Å². The van der Waals surface area contributed by atoms with E-state index in [9.17, 15) is 0 Å². The van der Waals surface area contributed by atoms with Gasteiger partial charge in [0.15, 0.2) is 0 Å². The molecule has 0 aliphatic carbocycles. The highest BCUT2D eigenvalue weighted by atomic mass is 15.2. The molecule has 3 nitrogen and oxygen atoms in total. The first-order valence-electron chi connectivity index (χ1n) is 6.97. The second kappa shape index (κ2) is 5.81. The molecule has 0 aromatic carbocycles. The molecule has 0 spiro atoms. The minimum atomic E-state index is 0.474. The molecule has 0 saturated carbocycles. The van der Waals surface area contributed by atoms with Gasteiger partial charge >= 0.3 is 0 Å². The van der Waals surface area contributed by atoms with Gasteiger partial charge in [-0.25, -0.2) is 0 Å². The Labute approximate surface area is 111 Å². The maximum absolute atomic E-state index is 4.72. The van der Waals surface area contributed by atoms with Crippen LogP contribution in [-0.2, 0) is 13.1 Å². The van der Waals surface area contributed by atoms with Crippen molar-refractivity contribution in [1.29, 1.82) is 0 Å². The van der Waals surface area contributed by atoms with Gasteiger partial charge in [0.1, 0.15) is 0 Å². The number of pyridine rings is 1. The monoisotopic (exact) mass is 247 g/mol. The third-order valence-corrected chi connectivity index (χ3v) is 3.56. The van der Waals surface area contributed by atoms with Gasteiger partial charge in [0.25, 0.3) is 0 Å². The number of hydrogen-bond acceptors (Lipinski definition) is 3. The summed E-state index contributed by atoms with van der Waals surface area (Å²) < 4.78 is 0. The van der Waals surface area contributed by atoms with E-state index in [2.05, 4.69) is 49.2 Å². The maximum atomic E-state index is 4.72. The summed E-state index contributed by atoms with van der Waals surface area (Å²) in [6, 6.07) is 6.36. The van der Waals surface area contributed by atoms with E-state index in [4.69, 9.17) is 4.98 Å². The first kappa shape index (κ1) is 13.5. The van der Waals surface area contributed by atoms with Crippen LogP contribution in [0.5, 0.6) is 0 Å². The van der Waals surface area contributed by atoms with E-state index in [-0.39, 0.29) is 0 Å². The smallest absolute Gasteiger partial charge is 0.0547 e. The van der Waals surface area contributed by atoms with E-state index in [1.165, 1.54) is 25.2 Å². The third-order valence-electron chi connectivity index (χ3n) is 3.56. The molecule has 1 aliphatic rings. The van der Waals surface area contributed by atoms with Crippen molar-refractivity contribution < 1.29 is 0 Å². The molecule has 2 heterocycles. The van der Waals surface area contributed by atoms with Crippen molar-refractivity contribution in [3.8, 4) is 0 Å². The highest BCUT2D eigenvalue weighted by Gasteiger charge is 2.28. The molecule has 0 bridgehead atoms. The number of aromatic nitrogens is 1. The van der Waals surface area contributed by atoms with Crippen LogP contribution in [0.25, 0.3) is 0 Å². The molecule has 100 valence electrons. The minimum Gasteiger partial charge on any atom is -0.311 e. The van der Waals surface area contributed by atoms with Crippen molar-refractivity contribution in [1.82, 2.24) is 15.2 Å². The van der Waals surface area contributed by atoms with Crippen LogP contribution in [-0.4, -0.2) is 29.5 Å². The predicted octanol–water partition coefficient (Wildman–Crippen LogP) is 2.42. The van der Waals surface area contributed by atoms with Crippen molar-refractivity contribution in [2.24, 2.45) is 5.41 Å². The molecule has 0 amide bonds. The van der Waals surface area contributed by atoms with Gasteiger partial charge in [0.2, 0.25) is 0 Å². The molecule has 0 unspecified atom stereocenters. The molecule has 1 saturated heterocycles. The zero-order chi connectivity index (χ0) is 13.0. The molecule has 1 aromatic heterocycles. The minimum absolute atomic E-state index is 0.474. The molecule has 0 radical (unpaired) electrons. The van der Waals surface area contributed by atoms with Crippen LogP contribution >= 0.6 is 0 Å². The summed E-state index contributed by atoms with van der Waals surface area (Å²) in [6.07, 6.45) is 1.30. The number of likely N-dealkylation sites (tertiary alicyclic amines) is 1. The molecule has 2 rings (SSSR count). The molecule has 1 fully saturated rings. The zero-order valence-corrected chi connectivity index (χ0v) is 11.9. The first-order valence-corrected chi connectivity index (χ1v) is 6.97. The summed E-state index contributed by atoms with van der Waals surface area (Å²) in [7, 11) is 0. The van der Waals surface area contributed by atoms with Gasteiger partial charge in [-0.15, -0.1) is 0 Å². The van der Waals surface area contributed by atoms with Crippen LogP contribution in [0.15, 0.2) is 18.2 Å². The fourth-order valence-corrected chi connectivity index (χ4v) is 2.56. The van der Waals surface area contributed by atoms with E-state index in [0.29, 0.717) is 5.41 Å².